The first-order valence-electron chi connectivity index (χ1n) is 5.03. The third-order valence-electron chi connectivity index (χ3n) is 2.42. The SMILES string of the molecule is COc1c(C(C)C)ccc(Cl)c1[C@H](C)O. The fraction of sp³-hybridized carbons (Fsp3) is 0.500. The predicted molar refractivity (Wildman–Crippen MR) is 62.7 cm³/mol. The van der Waals surface area contributed by atoms with Gasteiger partial charge in [0.1, 0.15) is 5.75 Å². The predicted octanol–water partition coefficient (Wildman–Crippen LogP) is 3.53. The number of rotatable bonds is 3. The lowest BCUT2D eigenvalue weighted by Gasteiger charge is -2.18. The summed E-state index contributed by atoms with van der Waals surface area (Å²) >= 11 is 6.04. The van der Waals surface area contributed by atoms with E-state index >= 15 is 0 Å². The Bertz CT molecular complexity index is 346. The van der Waals surface area contributed by atoms with Gasteiger partial charge in [-0.1, -0.05) is 31.5 Å². The third-order valence-corrected chi connectivity index (χ3v) is 2.75. The van der Waals surface area contributed by atoms with E-state index < -0.39 is 6.10 Å². The normalized spacial score (nSPS) is 13.0. The standard InChI is InChI=1S/C12H17ClO2/c1-7(2)9-5-6-10(13)11(8(3)14)12(9)15-4/h5-8,14H,1-4H3/t8-/m0/s1. The van der Waals surface area contributed by atoms with Crippen LogP contribution in [-0.2, 0) is 0 Å². The maximum atomic E-state index is 9.66. The summed E-state index contributed by atoms with van der Waals surface area (Å²) in [6.45, 7) is 5.85. The zero-order valence-corrected chi connectivity index (χ0v) is 10.3. The van der Waals surface area contributed by atoms with Crippen LogP contribution in [0.15, 0.2) is 12.1 Å². The van der Waals surface area contributed by atoms with Crippen LogP contribution >= 0.6 is 11.6 Å². The fourth-order valence-corrected chi connectivity index (χ4v) is 1.97. The van der Waals surface area contributed by atoms with Crippen molar-refractivity contribution in [2.75, 3.05) is 7.11 Å². The minimum atomic E-state index is -0.619. The van der Waals surface area contributed by atoms with E-state index in [0.29, 0.717) is 22.3 Å². The average molecular weight is 229 g/mol. The summed E-state index contributed by atoms with van der Waals surface area (Å²) < 4.78 is 5.34. The van der Waals surface area contributed by atoms with Crippen LogP contribution in [0.3, 0.4) is 0 Å². The van der Waals surface area contributed by atoms with Gasteiger partial charge in [-0.15, -0.1) is 0 Å². The first kappa shape index (κ1) is 12.3. The van der Waals surface area contributed by atoms with Gasteiger partial charge in [0.15, 0.2) is 0 Å². The summed E-state index contributed by atoms with van der Waals surface area (Å²) in [6.07, 6.45) is -0.619. The minimum Gasteiger partial charge on any atom is -0.496 e. The molecule has 0 aliphatic rings. The summed E-state index contributed by atoms with van der Waals surface area (Å²) in [7, 11) is 1.60. The largest absolute Gasteiger partial charge is 0.496 e. The van der Waals surface area contributed by atoms with E-state index in [1.54, 1.807) is 14.0 Å². The van der Waals surface area contributed by atoms with E-state index in [4.69, 9.17) is 16.3 Å². The Hall–Kier alpha value is -0.730. The van der Waals surface area contributed by atoms with E-state index in [9.17, 15) is 5.11 Å². The summed E-state index contributed by atoms with van der Waals surface area (Å²) in [4.78, 5) is 0. The van der Waals surface area contributed by atoms with Gasteiger partial charge in [0, 0.05) is 5.56 Å². The zero-order chi connectivity index (χ0) is 11.6. The molecule has 1 N–H and O–H groups in total. The van der Waals surface area contributed by atoms with Crippen LogP contribution in [0.4, 0.5) is 0 Å². The average Bonchev–Trinajstić information content (AvgIpc) is 2.15. The first-order chi connectivity index (χ1) is 6.99. The summed E-state index contributed by atoms with van der Waals surface area (Å²) in [5.74, 6) is 1.04. The molecule has 3 heteroatoms. The topological polar surface area (TPSA) is 29.5 Å². The number of methoxy groups -OCH3 is 1. The van der Waals surface area contributed by atoms with E-state index in [0.717, 1.165) is 5.56 Å². The van der Waals surface area contributed by atoms with E-state index in [-0.39, 0.29) is 0 Å². The highest BCUT2D eigenvalue weighted by molar-refractivity contribution is 6.31. The molecule has 0 aliphatic carbocycles. The molecule has 84 valence electrons. The molecule has 0 saturated carbocycles. The maximum absolute atomic E-state index is 9.66. The van der Waals surface area contributed by atoms with Crippen LogP contribution in [0.1, 0.15) is 43.9 Å². The van der Waals surface area contributed by atoms with Crippen molar-refractivity contribution in [3.05, 3.63) is 28.3 Å². The number of hydrogen-bond donors (Lipinski definition) is 1. The Kier molecular flexibility index (Phi) is 4.00. The number of aliphatic hydroxyl groups excluding tert-OH is 1. The number of ether oxygens (including phenoxy) is 1. The quantitative estimate of drug-likeness (QED) is 0.858. The minimum absolute atomic E-state index is 0.342. The molecule has 0 aromatic heterocycles. The molecule has 0 amide bonds. The lowest BCUT2D eigenvalue weighted by molar-refractivity contribution is 0.194. The molecule has 1 rings (SSSR count). The van der Waals surface area contributed by atoms with Crippen LogP contribution < -0.4 is 4.74 Å². The van der Waals surface area contributed by atoms with Crippen LogP contribution in [0.25, 0.3) is 0 Å². The van der Waals surface area contributed by atoms with Crippen molar-refractivity contribution >= 4 is 11.6 Å². The van der Waals surface area contributed by atoms with Gasteiger partial charge in [-0.05, 0) is 24.5 Å². The molecule has 0 bridgehead atoms. The second-order valence-electron chi connectivity index (χ2n) is 3.91. The highest BCUT2D eigenvalue weighted by Gasteiger charge is 2.18. The lowest BCUT2D eigenvalue weighted by atomic mass is 9.97. The molecule has 1 atom stereocenters. The Morgan fingerprint density at radius 2 is 1.87 bits per heavy atom. The van der Waals surface area contributed by atoms with Gasteiger partial charge in [0.05, 0.1) is 18.2 Å². The van der Waals surface area contributed by atoms with E-state index in [1.165, 1.54) is 0 Å². The molecule has 0 unspecified atom stereocenters. The lowest BCUT2D eigenvalue weighted by Crippen LogP contribution is -2.02. The second-order valence-corrected chi connectivity index (χ2v) is 4.32. The summed E-state index contributed by atoms with van der Waals surface area (Å²) in [5.41, 5.74) is 1.74. The molecule has 0 aliphatic heterocycles. The van der Waals surface area contributed by atoms with E-state index in [1.807, 2.05) is 12.1 Å². The van der Waals surface area contributed by atoms with Gasteiger partial charge in [0.25, 0.3) is 0 Å². The molecule has 2 nitrogen and oxygen atoms in total. The second kappa shape index (κ2) is 4.86. The van der Waals surface area contributed by atoms with Gasteiger partial charge in [0.2, 0.25) is 0 Å². The molecule has 0 fully saturated rings. The van der Waals surface area contributed by atoms with Gasteiger partial charge in [-0.2, -0.15) is 0 Å². The van der Waals surface area contributed by atoms with Crippen molar-refractivity contribution in [2.45, 2.75) is 32.8 Å². The third kappa shape index (κ3) is 2.44. The zero-order valence-electron chi connectivity index (χ0n) is 9.54. The molecule has 15 heavy (non-hydrogen) atoms. The van der Waals surface area contributed by atoms with Crippen molar-refractivity contribution < 1.29 is 9.84 Å². The van der Waals surface area contributed by atoms with Crippen molar-refractivity contribution in [3.8, 4) is 5.75 Å². The molecule has 0 saturated heterocycles. The maximum Gasteiger partial charge on any atom is 0.129 e. The molecule has 0 radical (unpaired) electrons. The monoisotopic (exact) mass is 228 g/mol. The molecule has 0 spiro atoms. The number of benzene rings is 1. The van der Waals surface area contributed by atoms with Crippen molar-refractivity contribution in [1.82, 2.24) is 0 Å². The highest BCUT2D eigenvalue weighted by atomic mass is 35.5. The Morgan fingerprint density at radius 3 is 2.27 bits per heavy atom. The molecular weight excluding hydrogens is 212 g/mol. The molecule has 1 aromatic rings. The van der Waals surface area contributed by atoms with Gasteiger partial charge in [-0.3, -0.25) is 0 Å². The molecular formula is C12H17ClO2. The van der Waals surface area contributed by atoms with Gasteiger partial charge < -0.3 is 9.84 Å². The Morgan fingerprint density at radius 1 is 1.27 bits per heavy atom. The number of aliphatic hydroxyl groups is 1. The number of halogens is 1. The summed E-state index contributed by atoms with van der Waals surface area (Å²) in [5, 5.41) is 10.2. The highest BCUT2D eigenvalue weighted by Crippen LogP contribution is 2.38. The first-order valence-corrected chi connectivity index (χ1v) is 5.41. The van der Waals surface area contributed by atoms with Gasteiger partial charge in [-0.25, -0.2) is 0 Å². The number of hydrogen-bond acceptors (Lipinski definition) is 2. The van der Waals surface area contributed by atoms with Gasteiger partial charge >= 0.3 is 0 Å². The Balaban J connectivity index is 3.40. The van der Waals surface area contributed by atoms with Crippen molar-refractivity contribution in [3.63, 3.8) is 0 Å². The van der Waals surface area contributed by atoms with Crippen LogP contribution in [0, 0.1) is 0 Å². The molecule has 1 aromatic carbocycles. The fourth-order valence-electron chi connectivity index (χ4n) is 1.66. The van der Waals surface area contributed by atoms with Crippen molar-refractivity contribution in [2.24, 2.45) is 0 Å². The smallest absolute Gasteiger partial charge is 0.129 e. The van der Waals surface area contributed by atoms with Crippen LogP contribution in [-0.4, -0.2) is 12.2 Å². The van der Waals surface area contributed by atoms with Crippen molar-refractivity contribution in [1.29, 1.82) is 0 Å². The Labute approximate surface area is 95.8 Å². The summed E-state index contributed by atoms with van der Waals surface area (Å²) in [6, 6.07) is 3.75. The van der Waals surface area contributed by atoms with Crippen LogP contribution in [0.5, 0.6) is 5.75 Å². The van der Waals surface area contributed by atoms with E-state index in [2.05, 4.69) is 13.8 Å². The molecule has 0 heterocycles. The van der Waals surface area contributed by atoms with Crippen LogP contribution in [0.2, 0.25) is 5.02 Å².